The molecule has 0 heterocycles. The highest BCUT2D eigenvalue weighted by Gasteiger charge is 2.33. The Morgan fingerprint density at radius 3 is 2.54 bits per heavy atom. The maximum absolute atomic E-state index is 12.3. The molecular weight excluding hydrogens is 314 g/mol. The predicted octanol–water partition coefficient (Wildman–Crippen LogP) is 2.16. The number of carbonyl (C=O) groups excluding carboxylic acids is 1. The van der Waals surface area contributed by atoms with Gasteiger partial charge < -0.3 is 24.6 Å². The van der Waals surface area contributed by atoms with E-state index in [9.17, 15) is 9.59 Å². The predicted molar refractivity (Wildman–Crippen MR) is 87.5 cm³/mol. The van der Waals surface area contributed by atoms with E-state index in [2.05, 4.69) is 5.32 Å². The van der Waals surface area contributed by atoms with Crippen LogP contribution in [0.2, 0.25) is 0 Å². The Kier molecular flexibility index (Phi) is 6.43. The first-order valence-electron chi connectivity index (χ1n) is 7.88. The van der Waals surface area contributed by atoms with Crippen molar-refractivity contribution in [3.63, 3.8) is 0 Å². The Hall–Kier alpha value is -2.28. The monoisotopic (exact) mass is 337 g/mol. The number of carbonyl (C=O) groups is 2. The van der Waals surface area contributed by atoms with Crippen LogP contribution in [0.4, 0.5) is 5.69 Å². The fourth-order valence-electron chi connectivity index (χ4n) is 2.79. The van der Waals surface area contributed by atoms with Crippen LogP contribution in [-0.4, -0.2) is 44.4 Å². The van der Waals surface area contributed by atoms with E-state index in [1.807, 2.05) is 0 Å². The van der Waals surface area contributed by atoms with E-state index in [4.69, 9.17) is 19.3 Å². The third-order valence-electron chi connectivity index (χ3n) is 4.13. The summed E-state index contributed by atoms with van der Waals surface area (Å²) < 4.78 is 15.8. The molecule has 0 aliphatic heterocycles. The van der Waals surface area contributed by atoms with Gasteiger partial charge >= 0.3 is 5.97 Å². The minimum Gasteiger partial charge on any atom is -0.493 e. The van der Waals surface area contributed by atoms with Gasteiger partial charge in [-0.1, -0.05) is 0 Å². The quantitative estimate of drug-likeness (QED) is 0.706. The van der Waals surface area contributed by atoms with E-state index in [0.717, 1.165) is 0 Å². The largest absolute Gasteiger partial charge is 0.493 e. The highest BCUT2D eigenvalue weighted by molar-refractivity contribution is 5.93. The molecule has 1 saturated carbocycles. The van der Waals surface area contributed by atoms with Crippen LogP contribution in [0.3, 0.4) is 0 Å². The average Bonchev–Trinajstić information content (AvgIpc) is 3.06. The number of ether oxygens (including phenoxy) is 3. The van der Waals surface area contributed by atoms with Crippen molar-refractivity contribution in [2.45, 2.75) is 19.3 Å². The molecule has 2 atom stereocenters. The summed E-state index contributed by atoms with van der Waals surface area (Å²) in [7, 11) is 3.13. The van der Waals surface area contributed by atoms with E-state index in [1.165, 1.54) is 0 Å². The van der Waals surface area contributed by atoms with Gasteiger partial charge in [0.2, 0.25) is 5.91 Å². The molecule has 0 bridgehead atoms. The van der Waals surface area contributed by atoms with Crippen molar-refractivity contribution in [3.05, 3.63) is 18.2 Å². The molecule has 24 heavy (non-hydrogen) atoms. The van der Waals surface area contributed by atoms with Crippen molar-refractivity contribution in [1.29, 1.82) is 0 Å². The maximum atomic E-state index is 12.3. The molecule has 0 spiro atoms. The summed E-state index contributed by atoms with van der Waals surface area (Å²) in [4.78, 5) is 23.3. The lowest BCUT2D eigenvalue weighted by Gasteiger charge is -2.14. The molecule has 7 heteroatoms. The molecule has 0 saturated heterocycles. The number of aliphatic carboxylic acids is 1. The second-order valence-electron chi connectivity index (χ2n) is 5.74. The Morgan fingerprint density at radius 2 is 1.92 bits per heavy atom. The van der Waals surface area contributed by atoms with Crippen LogP contribution < -0.4 is 14.8 Å². The van der Waals surface area contributed by atoms with Gasteiger partial charge in [0.25, 0.3) is 0 Å². The molecule has 2 rings (SSSR count). The third kappa shape index (κ3) is 4.61. The summed E-state index contributed by atoms with van der Waals surface area (Å²) in [6.45, 7) is 0.811. The first-order chi connectivity index (χ1) is 11.5. The zero-order valence-corrected chi connectivity index (χ0v) is 13.9. The molecule has 1 aromatic carbocycles. The summed E-state index contributed by atoms with van der Waals surface area (Å²) in [6, 6.07) is 5.13. The summed E-state index contributed by atoms with van der Waals surface area (Å²) in [5.41, 5.74) is 0.590. The number of hydrogen-bond acceptors (Lipinski definition) is 5. The Morgan fingerprint density at radius 1 is 1.17 bits per heavy atom. The third-order valence-corrected chi connectivity index (χ3v) is 4.13. The van der Waals surface area contributed by atoms with Crippen molar-refractivity contribution < 1.29 is 28.9 Å². The number of amides is 1. The Labute approximate surface area is 140 Å². The second kappa shape index (κ2) is 8.54. The minimum atomic E-state index is -0.830. The molecule has 132 valence electrons. The molecule has 1 aliphatic rings. The van der Waals surface area contributed by atoms with Gasteiger partial charge in [0, 0.05) is 24.8 Å². The van der Waals surface area contributed by atoms with Crippen LogP contribution in [0.1, 0.15) is 19.3 Å². The fraction of sp³-hybridized carbons (Fsp3) is 0.529. The van der Waals surface area contributed by atoms with Gasteiger partial charge in [-0.05, 0) is 31.4 Å². The summed E-state index contributed by atoms with van der Waals surface area (Å²) in [5, 5.41) is 11.9. The maximum Gasteiger partial charge on any atom is 0.306 e. The number of benzene rings is 1. The number of anilines is 1. The van der Waals surface area contributed by atoms with E-state index in [1.54, 1.807) is 32.4 Å². The molecule has 2 N–H and O–H groups in total. The highest BCUT2D eigenvalue weighted by atomic mass is 16.5. The lowest BCUT2D eigenvalue weighted by atomic mass is 10.0. The average molecular weight is 337 g/mol. The highest BCUT2D eigenvalue weighted by Crippen LogP contribution is 2.33. The van der Waals surface area contributed by atoms with Crippen molar-refractivity contribution >= 4 is 17.6 Å². The van der Waals surface area contributed by atoms with Gasteiger partial charge in [-0.25, -0.2) is 0 Å². The fourth-order valence-corrected chi connectivity index (χ4v) is 2.79. The smallest absolute Gasteiger partial charge is 0.306 e. The van der Waals surface area contributed by atoms with Crippen LogP contribution in [0.15, 0.2) is 18.2 Å². The lowest BCUT2D eigenvalue weighted by Crippen LogP contribution is -2.21. The number of carboxylic acids is 1. The van der Waals surface area contributed by atoms with Gasteiger partial charge in [0.15, 0.2) is 11.5 Å². The number of methoxy groups -OCH3 is 2. The minimum absolute atomic E-state index is 0.160. The normalized spacial score (nSPS) is 19.8. The first-order valence-corrected chi connectivity index (χ1v) is 7.88. The number of hydrogen-bond donors (Lipinski definition) is 2. The van der Waals surface area contributed by atoms with E-state index < -0.39 is 11.9 Å². The second-order valence-corrected chi connectivity index (χ2v) is 5.74. The molecule has 0 aromatic heterocycles. The molecule has 1 amide bonds. The van der Waals surface area contributed by atoms with Crippen LogP contribution in [0.5, 0.6) is 11.5 Å². The van der Waals surface area contributed by atoms with Crippen molar-refractivity contribution in [1.82, 2.24) is 0 Å². The zero-order chi connectivity index (χ0) is 17.5. The van der Waals surface area contributed by atoms with E-state index in [0.29, 0.717) is 49.7 Å². The molecule has 0 radical (unpaired) electrons. The van der Waals surface area contributed by atoms with Gasteiger partial charge in [0.05, 0.1) is 19.6 Å². The van der Waals surface area contributed by atoms with E-state index in [-0.39, 0.29) is 11.8 Å². The number of carboxylic acid groups (broad SMARTS) is 1. The number of rotatable bonds is 8. The zero-order valence-electron chi connectivity index (χ0n) is 13.9. The van der Waals surface area contributed by atoms with Gasteiger partial charge in [0.1, 0.15) is 6.61 Å². The summed E-state index contributed by atoms with van der Waals surface area (Å²) >= 11 is 0. The summed E-state index contributed by atoms with van der Waals surface area (Å²) in [6.07, 6.45) is 1.52. The van der Waals surface area contributed by atoms with Gasteiger partial charge in [-0.15, -0.1) is 0 Å². The molecule has 1 aromatic rings. The first kappa shape index (κ1) is 18.1. The summed E-state index contributed by atoms with van der Waals surface area (Å²) in [5.74, 6) is -0.607. The van der Waals surface area contributed by atoms with Crippen LogP contribution in [0, 0.1) is 11.8 Å². The molecule has 1 fully saturated rings. The number of nitrogens with one attached hydrogen (secondary N) is 1. The van der Waals surface area contributed by atoms with Crippen molar-refractivity contribution in [3.8, 4) is 11.5 Å². The molecule has 0 unspecified atom stereocenters. The SMILES string of the molecule is COCCOc1cc(NC(=O)[C@@H]2CC[C@H](C(=O)O)C2)ccc1OC. The standard InChI is InChI=1S/C17H23NO6/c1-22-7-8-24-15-10-13(5-6-14(15)23-2)18-16(19)11-3-4-12(9-11)17(20)21/h5-6,10-12H,3-4,7-9H2,1-2H3,(H,18,19)(H,20,21)/t11-,12+/m1/s1. The lowest BCUT2D eigenvalue weighted by molar-refractivity contribution is -0.141. The Bertz CT molecular complexity index is 588. The van der Waals surface area contributed by atoms with Crippen LogP contribution in [0.25, 0.3) is 0 Å². The van der Waals surface area contributed by atoms with Gasteiger partial charge in [-0.2, -0.15) is 0 Å². The Balaban J connectivity index is 2.00. The van der Waals surface area contributed by atoms with Crippen molar-refractivity contribution in [2.24, 2.45) is 11.8 Å². The van der Waals surface area contributed by atoms with Gasteiger partial charge in [-0.3, -0.25) is 9.59 Å². The van der Waals surface area contributed by atoms with Crippen LogP contribution >= 0.6 is 0 Å². The molecule has 1 aliphatic carbocycles. The van der Waals surface area contributed by atoms with Crippen LogP contribution in [-0.2, 0) is 14.3 Å². The topological polar surface area (TPSA) is 94.1 Å². The molecule has 7 nitrogen and oxygen atoms in total. The van der Waals surface area contributed by atoms with E-state index >= 15 is 0 Å². The molecular formula is C17H23NO6. The van der Waals surface area contributed by atoms with Crippen molar-refractivity contribution in [2.75, 3.05) is 32.8 Å².